The van der Waals surface area contributed by atoms with Gasteiger partial charge in [-0.3, -0.25) is 4.57 Å². The van der Waals surface area contributed by atoms with E-state index in [9.17, 15) is 0 Å². The second-order valence-electron chi connectivity index (χ2n) is 4.41. The van der Waals surface area contributed by atoms with Crippen molar-refractivity contribution >= 4 is 23.8 Å². The maximum Gasteiger partial charge on any atom is 0.202 e. The van der Waals surface area contributed by atoms with E-state index in [1.165, 1.54) is 0 Å². The van der Waals surface area contributed by atoms with Crippen LogP contribution in [0.15, 0.2) is 54.6 Å². The number of hydrogen-bond acceptors (Lipinski definition) is 2. The Morgan fingerprint density at radius 2 is 1.65 bits per heavy atom. The lowest BCUT2D eigenvalue weighted by molar-refractivity contribution is 0.750. The highest BCUT2D eigenvalue weighted by Crippen LogP contribution is 2.23. The van der Waals surface area contributed by atoms with Gasteiger partial charge in [0.2, 0.25) is 4.77 Å². The van der Waals surface area contributed by atoms with Gasteiger partial charge in [-0.25, -0.2) is 4.68 Å². The Balaban J connectivity index is 2.25. The second kappa shape index (κ2) is 5.23. The van der Waals surface area contributed by atoms with Crippen molar-refractivity contribution in [3.63, 3.8) is 0 Å². The summed E-state index contributed by atoms with van der Waals surface area (Å²) in [4.78, 5) is 0. The first-order valence-electron chi connectivity index (χ1n) is 6.14. The molecule has 0 aliphatic rings. The highest BCUT2D eigenvalue weighted by molar-refractivity contribution is 7.71. The average molecular weight is 302 g/mol. The van der Waals surface area contributed by atoms with E-state index in [1.54, 1.807) is 4.68 Å². The average Bonchev–Trinajstić information content (AvgIpc) is 2.77. The van der Waals surface area contributed by atoms with Crippen molar-refractivity contribution in [3.8, 4) is 17.1 Å². The van der Waals surface area contributed by atoms with Crippen molar-refractivity contribution in [1.82, 2.24) is 14.3 Å². The Kier molecular flexibility index (Phi) is 3.42. The van der Waals surface area contributed by atoms with E-state index in [1.807, 2.05) is 66.2 Å². The van der Waals surface area contributed by atoms with Crippen LogP contribution in [-0.4, -0.2) is 14.3 Å². The quantitative estimate of drug-likeness (QED) is 0.660. The predicted octanol–water partition coefficient (Wildman–Crippen LogP) is 4.26. The summed E-state index contributed by atoms with van der Waals surface area (Å²) in [7, 11) is 1.85. The van der Waals surface area contributed by atoms with Gasteiger partial charge < -0.3 is 0 Å². The molecule has 3 nitrogen and oxygen atoms in total. The van der Waals surface area contributed by atoms with Gasteiger partial charge in [0.05, 0.1) is 0 Å². The monoisotopic (exact) mass is 301 g/mol. The van der Waals surface area contributed by atoms with Gasteiger partial charge in [0.25, 0.3) is 0 Å². The highest BCUT2D eigenvalue weighted by atomic mass is 35.5. The first kappa shape index (κ1) is 13.1. The molecule has 0 N–H and O–H groups in total. The molecular formula is C15H12ClN3S. The predicted molar refractivity (Wildman–Crippen MR) is 83.8 cm³/mol. The number of aryl methyl sites for hydroxylation is 1. The summed E-state index contributed by atoms with van der Waals surface area (Å²) in [5.41, 5.74) is 1.97. The number of hydrogen-bond donors (Lipinski definition) is 0. The molecule has 1 heterocycles. The lowest BCUT2D eigenvalue weighted by atomic mass is 10.2. The number of halogens is 1. The normalized spacial score (nSPS) is 10.7. The van der Waals surface area contributed by atoms with Gasteiger partial charge in [-0.15, -0.1) is 0 Å². The smallest absolute Gasteiger partial charge is 0.202 e. The van der Waals surface area contributed by atoms with Gasteiger partial charge in [-0.2, -0.15) is 5.10 Å². The molecule has 100 valence electrons. The molecule has 20 heavy (non-hydrogen) atoms. The lowest BCUT2D eigenvalue weighted by Crippen LogP contribution is -1.97. The summed E-state index contributed by atoms with van der Waals surface area (Å²) in [6, 6.07) is 17.6. The molecular weight excluding hydrogens is 290 g/mol. The third kappa shape index (κ3) is 2.28. The summed E-state index contributed by atoms with van der Waals surface area (Å²) in [5.74, 6) is 0.806. The summed E-state index contributed by atoms with van der Waals surface area (Å²) >= 11 is 11.4. The van der Waals surface area contributed by atoms with E-state index < -0.39 is 0 Å². The SMILES string of the molecule is Cn1nc(-c2ccc(Cl)cc2)n(-c2ccccc2)c1=S. The third-order valence-electron chi connectivity index (χ3n) is 3.04. The molecule has 0 saturated carbocycles. The van der Waals surface area contributed by atoms with Gasteiger partial charge >= 0.3 is 0 Å². The molecule has 0 atom stereocenters. The minimum Gasteiger partial charge on any atom is -0.268 e. The second-order valence-corrected chi connectivity index (χ2v) is 5.21. The van der Waals surface area contributed by atoms with E-state index in [4.69, 9.17) is 23.8 Å². The summed E-state index contributed by atoms with van der Waals surface area (Å²) < 4.78 is 4.31. The standard InChI is InChI=1S/C15H12ClN3S/c1-18-15(20)19(13-5-3-2-4-6-13)14(17-18)11-7-9-12(16)10-8-11/h2-10H,1H3. The van der Waals surface area contributed by atoms with Crippen molar-refractivity contribution < 1.29 is 0 Å². The Morgan fingerprint density at radius 1 is 1.00 bits per heavy atom. The Hall–Kier alpha value is -1.91. The third-order valence-corrected chi connectivity index (χ3v) is 3.74. The molecule has 5 heteroatoms. The molecule has 0 saturated heterocycles. The lowest BCUT2D eigenvalue weighted by Gasteiger charge is -2.06. The molecule has 3 rings (SSSR count). The fraction of sp³-hybridized carbons (Fsp3) is 0.0667. The molecule has 0 bridgehead atoms. The van der Waals surface area contributed by atoms with E-state index in [2.05, 4.69) is 5.10 Å². The van der Waals surface area contributed by atoms with Crippen molar-refractivity contribution in [2.75, 3.05) is 0 Å². The van der Waals surface area contributed by atoms with E-state index in [0.717, 1.165) is 17.1 Å². The Bertz CT molecular complexity index is 788. The van der Waals surface area contributed by atoms with E-state index in [-0.39, 0.29) is 0 Å². The van der Waals surface area contributed by atoms with Crippen molar-refractivity contribution in [1.29, 1.82) is 0 Å². The summed E-state index contributed by atoms with van der Waals surface area (Å²) in [6.45, 7) is 0. The maximum absolute atomic E-state index is 5.94. The van der Waals surface area contributed by atoms with Crippen LogP contribution in [0, 0.1) is 4.77 Å². The van der Waals surface area contributed by atoms with Crippen LogP contribution in [0.5, 0.6) is 0 Å². The van der Waals surface area contributed by atoms with Gasteiger partial charge in [0.15, 0.2) is 5.82 Å². The van der Waals surface area contributed by atoms with Crippen LogP contribution >= 0.6 is 23.8 Å². The molecule has 0 unspecified atom stereocenters. The number of aromatic nitrogens is 3. The van der Waals surface area contributed by atoms with Crippen LogP contribution in [0.4, 0.5) is 0 Å². The molecule has 3 aromatic rings. The molecule has 0 radical (unpaired) electrons. The first-order chi connectivity index (χ1) is 9.66. The molecule has 0 aliphatic heterocycles. The summed E-state index contributed by atoms with van der Waals surface area (Å²) in [6.07, 6.45) is 0. The van der Waals surface area contributed by atoms with Crippen molar-refractivity contribution in [2.45, 2.75) is 0 Å². The zero-order valence-corrected chi connectivity index (χ0v) is 12.4. The molecule has 0 amide bonds. The van der Waals surface area contributed by atoms with E-state index in [0.29, 0.717) is 9.79 Å². The van der Waals surface area contributed by atoms with Crippen molar-refractivity contribution in [2.24, 2.45) is 7.05 Å². The number of rotatable bonds is 2. The largest absolute Gasteiger partial charge is 0.268 e. The van der Waals surface area contributed by atoms with Gasteiger partial charge in [-0.05, 0) is 48.6 Å². The Morgan fingerprint density at radius 3 is 2.30 bits per heavy atom. The van der Waals surface area contributed by atoms with Crippen LogP contribution in [0.1, 0.15) is 0 Å². The minimum atomic E-state index is 0.654. The van der Waals surface area contributed by atoms with Crippen molar-refractivity contribution in [3.05, 3.63) is 64.4 Å². The van der Waals surface area contributed by atoms with Crippen LogP contribution in [0.2, 0.25) is 5.02 Å². The zero-order valence-electron chi connectivity index (χ0n) is 10.8. The molecule has 2 aromatic carbocycles. The van der Waals surface area contributed by atoms with Crippen LogP contribution in [0.25, 0.3) is 17.1 Å². The van der Waals surface area contributed by atoms with E-state index >= 15 is 0 Å². The molecule has 0 fully saturated rings. The first-order valence-corrected chi connectivity index (χ1v) is 6.93. The number of para-hydroxylation sites is 1. The minimum absolute atomic E-state index is 0.654. The fourth-order valence-corrected chi connectivity index (χ4v) is 2.42. The zero-order chi connectivity index (χ0) is 14.1. The molecule has 0 aliphatic carbocycles. The van der Waals surface area contributed by atoms with Crippen LogP contribution in [-0.2, 0) is 7.05 Å². The molecule has 0 spiro atoms. The van der Waals surface area contributed by atoms with Gasteiger partial charge in [0.1, 0.15) is 0 Å². The number of nitrogens with zero attached hydrogens (tertiary/aromatic N) is 3. The van der Waals surface area contributed by atoms with Crippen LogP contribution in [0.3, 0.4) is 0 Å². The summed E-state index contributed by atoms with van der Waals surface area (Å²) in [5, 5.41) is 5.22. The van der Waals surface area contributed by atoms with Crippen LogP contribution < -0.4 is 0 Å². The van der Waals surface area contributed by atoms with Gasteiger partial charge in [-0.1, -0.05) is 29.8 Å². The highest BCUT2D eigenvalue weighted by Gasteiger charge is 2.12. The number of benzene rings is 2. The Labute approximate surface area is 127 Å². The van der Waals surface area contributed by atoms with Gasteiger partial charge in [0, 0.05) is 23.3 Å². The fourth-order valence-electron chi connectivity index (χ4n) is 2.06. The molecule has 1 aromatic heterocycles. The topological polar surface area (TPSA) is 22.8 Å². The maximum atomic E-state index is 5.94.